The highest BCUT2D eigenvalue weighted by molar-refractivity contribution is 7.09. The molecule has 0 atom stereocenters. The third-order valence-electron chi connectivity index (χ3n) is 2.50. The van der Waals surface area contributed by atoms with Crippen molar-refractivity contribution in [3.8, 4) is 0 Å². The normalized spacial score (nSPS) is 10.8. The highest BCUT2D eigenvalue weighted by Gasteiger charge is 2.02. The van der Waals surface area contributed by atoms with E-state index in [1.165, 1.54) is 4.68 Å². The van der Waals surface area contributed by atoms with E-state index in [9.17, 15) is 4.79 Å². The number of hydrogen-bond donors (Lipinski definition) is 0. The molecule has 96 valence electrons. The van der Waals surface area contributed by atoms with Gasteiger partial charge in [-0.1, -0.05) is 0 Å². The summed E-state index contributed by atoms with van der Waals surface area (Å²) in [5.74, 6) is 0.454. The summed E-state index contributed by atoms with van der Waals surface area (Å²) in [5.41, 5.74) is 1.76. The van der Waals surface area contributed by atoms with Gasteiger partial charge >= 0.3 is 0 Å². The molecule has 0 spiro atoms. The van der Waals surface area contributed by atoms with Crippen molar-refractivity contribution in [2.75, 3.05) is 0 Å². The molecule has 2 heterocycles. The van der Waals surface area contributed by atoms with Crippen molar-refractivity contribution in [3.05, 3.63) is 44.3 Å². The summed E-state index contributed by atoms with van der Waals surface area (Å²) < 4.78 is 1.49. The van der Waals surface area contributed by atoms with Crippen LogP contribution in [-0.2, 0) is 18.8 Å². The van der Waals surface area contributed by atoms with Gasteiger partial charge in [-0.2, -0.15) is 5.10 Å². The molecule has 0 unspecified atom stereocenters. The third-order valence-corrected chi connectivity index (χ3v) is 3.73. The smallest absolute Gasteiger partial charge is 0.266 e. The van der Waals surface area contributed by atoms with Crippen molar-refractivity contribution in [2.24, 2.45) is 0 Å². The molecule has 2 rings (SSSR count). The van der Waals surface area contributed by atoms with E-state index >= 15 is 0 Å². The van der Waals surface area contributed by atoms with Gasteiger partial charge in [0.05, 0.1) is 22.8 Å². The van der Waals surface area contributed by atoms with Gasteiger partial charge in [-0.15, -0.1) is 22.9 Å². The average Bonchev–Trinajstić information content (AvgIpc) is 2.80. The maximum Gasteiger partial charge on any atom is 0.266 e. The van der Waals surface area contributed by atoms with Gasteiger partial charge in [0.2, 0.25) is 0 Å². The number of hydrogen-bond acceptors (Lipinski definition) is 4. The molecule has 18 heavy (non-hydrogen) atoms. The summed E-state index contributed by atoms with van der Waals surface area (Å²) in [7, 11) is 0. The van der Waals surface area contributed by atoms with E-state index in [4.69, 9.17) is 11.6 Å². The lowest BCUT2D eigenvalue weighted by Crippen LogP contribution is -2.22. The Morgan fingerprint density at radius 2 is 2.33 bits per heavy atom. The van der Waals surface area contributed by atoms with E-state index in [0.717, 1.165) is 29.1 Å². The standard InChI is InChI=1S/C12H14ClN3OS/c1-9-5-12(17)16(14-7-9)4-2-3-11-15-10(6-13)8-18-11/h5,7-8H,2-4,6H2,1H3. The number of halogens is 1. The number of rotatable bonds is 5. The van der Waals surface area contributed by atoms with Crippen LogP contribution in [0.3, 0.4) is 0 Å². The summed E-state index contributed by atoms with van der Waals surface area (Å²) in [6.45, 7) is 2.48. The quantitative estimate of drug-likeness (QED) is 0.792. The molecule has 0 bridgehead atoms. The molecule has 0 aliphatic rings. The maximum absolute atomic E-state index is 11.6. The zero-order valence-electron chi connectivity index (χ0n) is 10.1. The van der Waals surface area contributed by atoms with Crippen LogP contribution in [-0.4, -0.2) is 14.8 Å². The van der Waals surface area contributed by atoms with Gasteiger partial charge in [-0.25, -0.2) is 9.67 Å². The van der Waals surface area contributed by atoms with E-state index in [0.29, 0.717) is 12.4 Å². The summed E-state index contributed by atoms with van der Waals surface area (Å²) in [5, 5.41) is 7.13. The summed E-state index contributed by atoms with van der Waals surface area (Å²) >= 11 is 7.31. The molecule has 2 aromatic rings. The van der Waals surface area contributed by atoms with Gasteiger partial charge in [-0.05, 0) is 18.9 Å². The van der Waals surface area contributed by atoms with E-state index < -0.39 is 0 Å². The van der Waals surface area contributed by atoms with Crippen molar-refractivity contribution in [1.29, 1.82) is 0 Å². The van der Waals surface area contributed by atoms with Crippen LogP contribution in [0, 0.1) is 6.92 Å². The fraction of sp³-hybridized carbons (Fsp3) is 0.417. The Balaban J connectivity index is 1.90. The minimum Gasteiger partial charge on any atom is -0.268 e. The third kappa shape index (κ3) is 3.40. The molecule has 0 fully saturated rings. The van der Waals surface area contributed by atoms with Crippen LogP contribution >= 0.6 is 22.9 Å². The first kappa shape index (κ1) is 13.2. The topological polar surface area (TPSA) is 47.8 Å². The minimum absolute atomic E-state index is 0.0458. The van der Waals surface area contributed by atoms with E-state index in [1.807, 2.05) is 12.3 Å². The van der Waals surface area contributed by atoms with Crippen molar-refractivity contribution in [1.82, 2.24) is 14.8 Å². The Morgan fingerprint density at radius 3 is 3.00 bits per heavy atom. The Kier molecular flexibility index (Phi) is 4.49. The van der Waals surface area contributed by atoms with Crippen LogP contribution in [0.4, 0.5) is 0 Å². The highest BCUT2D eigenvalue weighted by atomic mass is 35.5. The molecule has 4 nitrogen and oxygen atoms in total. The zero-order chi connectivity index (χ0) is 13.0. The fourth-order valence-corrected chi connectivity index (χ4v) is 2.67. The van der Waals surface area contributed by atoms with Crippen LogP contribution in [0.1, 0.15) is 22.7 Å². The van der Waals surface area contributed by atoms with Crippen LogP contribution in [0.2, 0.25) is 0 Å². The SMILES string of the molecule is Cc1cnn(CCCc2nc(CCl)cs2)c(=O)c1. The molecule has 0 aliphatic carbocycles. The van der Waals surface area contributed by atoms with Gasteiger partial charge in [0.15, 0.2) is 0 Å². The lowest BCUT2D eigenvalue weighted by molar-refractivity contribution is 0.546. The summed E-state index contributed by atoms with van der Waals surface area (Å²) in [6, 6.07) is 1.60. The van der Waals surface area contributed by atoms with Gasteiger partial charge in [-0.3, -0.25) is 4.79 Å². The van der Waals surface area contributed by atoms with Crippen molar-refractivity contribution in [3.63, 3.8) is 0 Å². The predicted octanol–water partition coefficient (Wildman–Crippen LogP) is 2.38. The predicted molar refractivity (Wildman–Crippen MR) is 73.2 cm³/mol. The number of thiazole rings is 1. The number of alkyl halides is 1. The molecule has 0 aliphatic heterocycles. The molecule has 6 heteroatoms. The molecular weight excluding hydrogens is 270 g/mol. The monoisotopic (exact) mass is 283 g/mol. The fourth-order valence-electron chi connectivity index (χ4n) is 1.60. The van der Waals surface area contributed by atoms with Gasteiger partial charge < -0.3 is 0 Å². The Morgan fingerprint density at radius 1 is 1.50 bits per heavy atom. The first-order valence-electron chi connectivity index (χ1n) is 5.72. The number of aryl methyl sites for hydroxylation is 3. The Bertz CT molecular complexity index is 579. The second-order valence-corrected chi connectivity index (χ2v) is 5.27. The van der Waals surface area contributed by atoms with Crippen molar-refractivity contribution < 1.29 is 0 Å². The number of aromatic nitrogens is 3. The Labute approximate surface area is 114 Å². The van der Waals surface area contributed by atoms with Crippen LogP contribution in [0.15, 0.2) is 22.4 Å². The van der Waals surface area contributed by atoms with E-state index in [1.54, 1.807) is 23.6 Å². The van der Waals surface area contributed by atoms with Gasteiger partial charge in [0, 0.05) is 24.4 Å². The van der Waals surface area contributed by atoms with E-state index in [-0.39, 0.29) is 5.56 Å². The second-order valence-electron chi connectivity index (χ2n) is 4.06. The molecule has 0 aromatic carbocycles. The van der Waals surface area contributed by atoms with Crippen LogP contribution in [0.5, 0.6) is 0 Å². The largest absolute Gasteiger partial charge is 0.268 e. The first-order valence-corrected chi connectivity index (χ1v) is 7.13. The van der Waals surface area contributed by atoms with Crippen molar-refractivity contribution >= 4 is 22.9 Å². The zero-order valence-corrected chi connectivity index (χ0v) is 11.7. The van der Waals surface area contributed by atoms with Crippen LogP contribution in [0.25, 0.3) is 0 Å². The summed E-state index contributed by atoms with van der Waals surface area (Å²) in [4.78, 5) is 16.0. The molecule has 0 amide bonds. The second kappa shape index (κ2) is 6.11. The molecule has 0 radical (unpaired) electrons. The Hall–Kier alpha value is -1.20. The molecule has 0 saturated heterocycles. The number of nitrogens with zero attached hydrogens (tertiary/aromatic N) is 3. The van der Waals surface area contributed by atoms with Gasteiger partial charge in [0.25, 0.3) is 5.56 Å². The average molecular weight is 284 g/mol. The van der Waals surface area contributed by atoms with Gasteiger partial charge in [0.1, 0.15) is 0 Å². The lowest BCUT2D eigenvalue weighted by Gasteiger charge is -2.03. The minimum atomic E-state index is -0.0458. The summed E-state index contributed by atoms with van der Waals surface area (Å²) in [6.07, 6.45) is 3.41. The maximum atomic E-state index is 11.6. The van der Waals surface area contributed by atoms with Crippen molar-refractivity contribution in [2.45, 2.75) is 32.2 Å². The first-order chi connectivity index (χ1) is 8.69. The van der Waals surface area contributed by atoms with E-state index in [2.05, 4.69) is 10.1 Å². The lowest BCUT2D eigenvalue weighted by atomic mass is 10.3. The highest BCUT2D eigenvalue weighted by Crippen LogP contribution is 2.13. The molecule has 0 N–H and O–H groups in total. The molecular formula is C12H14ClN3OS. The molecule has 2 aromatic heterocycles. The molecule has 0 saturated carbocycles. The van der Waals surface area contributed by atoms with Crippen LogP contribution < -0.4 is 5.56 Å².